The Morgan fingerprint density at radius 3 is 1.41 bits per heavy atom. The lowest BCUT2D eigenvalue weighted by Gasteiger charge is -2.23. The Hall–Kier alpha value is -3.02. The number of anilines is 1. The number of aryl methyl sites for hydroxylation is 4. The quantitative estimate of drug-likeness (QED) is 0.466. The molecule has 0 amide bonds. The summed E-state index contributed by atoms with van der Waals surface area (Å²) >= 11 is 0. The van der Waals surface area contributed by atoms with E-state index in [1.807, 2.05) is 41.8 Å². The van der Waals surface area contributed by atoms with Gasteiger partial charge in [0.05, 0.1) is 13.2 Å². The summed E-state index contributed by atoms with van der Waals surface area (Å²) in [5.41, 5.74) is 8.09. The van der Waals surface area contributed by atoms with E-state index in [0.29, 0.717) is 11.5 Å². The van der Waals surface area contributed by atoms with E-state index in [1.165, 1.54) is 5.56 Å². The molecule has 1 fully saturated rings. The van der Waals surface area contributed by atoms with Gasteiger partial charge in [0.1, 0.15) is 11.5 Å². The van der Waals surface area contributed by atoms with Crippen molar-refractivity contribution in [2.24, 2.45) is 0 Å². The number of hydrogen-bond acceptors (Lipinski definition) is 5. The largest absolute Gasteiger partial charge is 0.507 e. The lowest BCUT2D eigenvalue weighted by Crippen LogP contribution is -2.30. The van der Waals surface area contributed by atoms with Crippen LogP contribution in [0.15, 0.2) is 48.5 Å². The average molecular weight is 463 g/mol. The van der Waals surface area contributed by atoms with Crippen LogP contribution in [0.5, 0.6) is 11.5 Å². The minimum absolute atomic E-state index is 0.0206. The second-order valence-corrected chi connectivity index (χ2v) is 9.29. The molecule has 0 spiro atoms. The molecule has 0 aliphatic carbocycles. The number of nitrogens with one attached hydrogen (secondary N) is 1. The minimum Gasteiger partial charge on any atom is -0.507 e. The zero-order valence-corrected chi connectivity index (χ0v) is 21.3. The van der Waals surface area contributed by atoms with Crippen LogP contribution >= 0.6 is 0 Å². The number of nitrogens with zero attached hydrogens (tertiary/aromatic N) is 1. The maximum Gasteiger partial charge on any atom is 0.121 e. The molecule has 0 bridgehead atoms. The highest BCUT2D eigenvalue weighted by molar-refractivity contribution is 5.55. The zero-order valence-electron chi connectivity index (χ0n) is 21.3. The van der Waals surface area contributed by atoms with Gasteiger partial charge in [-0.2, -0.15) is 0 Å². The highest BCUT2D eigenvalue weighted by Gasteiger charge is 2.20. The molecule has 4 rings (SSSR count). The fourth-order valence-corrected chi connectivity index (χ4v) is 4.37. The van der Waals surface area contributed by atoms with E-state index in [-0.39, 0.29) is 5.92 Å². The molecule has 5 nitrogen and oxygen atoms in total. The first-order chi connectivity index (χ1) is 16.2. The first-order valence-electron chi connectivity index (χ1n) is 11.8. The lowest BCUT2D eigenvalue weighted by molar-refractivity contribution is 0.109. The van der Waals surface area contributed by atoms with E-state index >= 15 is 0 Å². The third-order valence-corrected chi connectivity index (χ3v) is 6.28. The molecular weight excluding hydrogens is 424 g/mol. The maximum atomic E-state index is 10.2. The first-order valence-corrected chi connectivity index (χ1v) is 11.8. The standard InChI is InChI=1S/C25H29NO2.C4H9NO/c1-15-11-20(12-16(2)24(15)27)23(19-7-9-22(10-8-19)26(5)6)21-13-17(3)25(28)18(4)14-21;1-3-6-4-2-5-1/h7-14,23,27-28H,1-6H3;5H,1-4H2. The van der Waals surface area contributed by atoms with Gasteiger partial charge in [-0.1, -0.05) is 36.4 Å². The number of aromatic hydroxyl groups is 2. The van der Waals surface area contributed by atoms with E-state index < -0.39 is 0 Å². The summed E-state index contributed by atoms with van der Waals surface area (Å²) in [6.45, 7) is 11.6. The van der Waals surface area contributed by atoms with Crippen molar-refractivity contribution in [1.29, 1.82) is 0 Å². The van der Waals surface area contributed by atoms with Crippen molar-refractivity contribution in [2.75, 3.05) is 45.3 Å². The molecule has 0 unspecified atom stereocenters. The molecule has 1 saturated heterocycles. The third-order valence-electron chi connectivity index (χ3n) is 6.28. The number of phenols is 2. The number of ether oxygens (including phenoxy) is 1. The van der Waals surface area contributed by atoms with Gasteiger partial charge in [0.25, 0.3) is 0 Å². The van der Waals surface area contributed by atoms with Crippen LogP contribution in [0.4, 0.5) is 5.69 Å². The second-order valence-electron chi connectivity index (χ2n) is 9.29. The van der Waals surface area contributed by atoms with Crippen LogP contribution in [0.25, 0.3) is 0 Å². The van der Waals surface area contributed by atoms with Gasteiger partial charge < -0.3 is 25.2 Å². The summed E-state index contributed by atoms with van der Waals surface area (Å²) in [5, 5.41) is 23.6. The predicted molar refractivity (Wildman–Crippen MR) is 141 cm³/mol. The van der Waals surface area contributed by atoms with Gasteiger partial charge in [0.2, 0.25) is 0 Å². The molecule has 0 saturated carbocycles. The molecule has 3 N–H and O–H groups in total. The van der Waals surface area contributed by atoms with E-state index in [4.69, 9.17) is 4.74 Å². The highest BCUT2D eigenvalue weighted by Crippen LogP contribution is 2.38. The SMILES string of the molecule is C1COCCN1.Cc1cc(C(c2ccc(N(C)C)cc2)c2cc(C)c(O)c(C)c2)cc(C)c1O. The Morgan fingerprint density at radius 2 is 1.12 bits per heavy atom. The fraction of sp³-hybridized carbons (Fsp3) is 0.379. The van der Waals surface area contributed by atoms with E-state index in [0.717, 1.165) is 65.4 Å². The average Bonchev–Trinajstić information content (AvgIpc) is 2.83. The van der Waals surface area contributed by atoms with Gasteiger partial charge in [-0.15, -0.1) is 0 Å². The molecule has 1 aliphatic rings. The Morgan fingerprint density at radius 1 is 0.706 bits per heavy atom. The van der Waals surface area contributed by atoms with E-state index in [1.54, 1.807) is 0 Å². The van der Waals surface area contributed by atoms with Gasteiger partial charge in [-0.05, 0) is 78.8 Å². The predicted octanol–water partition coefficient (Wildman–Crippen LogP) is 5.18. The number of morpholine rings is 1. The van der Waals surface area contributed by atoms with Crippen molar-refractivity contribution in [2.45, 2.75) is 33.6 Å². The van der Waals surface area contributed by atoms with Gasteiger partial charge in [0, 0.05) is 38.8 Å². The Balaban J connectivity index is 0.000000469. The molecule has 0 aromatic heterocycles. The van der Waals surface area contributed by atoms with Gasteiger partial charge in [-0.25, -0.2) is 0 Å². The minimum atomic E-state index is 0.0206. The summed E-state index contributed by atoms with van der Waals surface area (Å²) in [6.07, 6.45) is 0. The topological polar surface area (TPSA) is 65.0 Å². The van der Waals surface area contributed by atoms with Crippen LogP contribution in [0.2, 0.25) is 0 Å². The third kappa shape index (κ3) is 6.10. The Kier molecular flexibility index (Phi) is 8.59. The zero-order chi connectivity index (χ0) is 24.8. The second kappa shape index (κ2) is 11.4. The van der Waals surface area contributed by atoms with E-state index in [2.05, 4.69) is 58.7 Å². The fourth-order valence-electron chi connectivity index (χ4n) is 4.37. The van der Waals surface area contributed by atoms with Crippen LogP contribution in [0.3, 0.4) is 0 Å². The molecular formula is C29H38N2O3. The molecule has 0 radical (unpaired) electrons. The van der Waals surface area contributed by atoms with E-state index in [9.17, 15) is 10.2 Å². The number of hydrogen-bond donors (Lipinski definition) is 3. The van der Waals surface area contributed by atoms with Crippen LogP contribution < -0.4 is 10.2 Å². The molecule has 5 heteroatoms. The van der Waals surface area contributed by atoms with Crippen molar-refractivity contribution in [1.82, 2.24) is 5.32 Å². The van der Waals surface area contributed by atoms with Crippen molar-refractivity contribution >= 4 is 5.69 Å². The monoisotopic (exact) mass is 462 g/mol. The number of rotatable bonds is 4. The van der Waals surface area contributed by atoms with Crippen molar-refractivity contribution in [3.8, 4) is 11.5 Å². The summed E-state index contributed by atoms with van der Waals surface area (Å²) < 4.78 is 5.01. The van der Waals surface area contributed by atoms with Crippen LogP contribution in [0.1, 0.15) is 44.9 Å². The van der Waals surface area contributed by atoms with Crippen LogP contribution in [0, 0.1) is 27.7 Å². The Labute approximate surface area is 204 Å². The number of benzene rings is 3. The first kappa shape index (κ1) is 25.6. The van der Waals surface area contributed by atoms with Gasteiger partial charge in [0.15, 0.2) is 0 Å². The smallest absolute Gasteiger partial charge is 0.121 e. The lowest BCUT2D eigenvalue weighted by atomic mass is 9.82. The van der Waals surface area contributed by atoms with Gasteiger partial charge in [-0.3, -0.25) is 0 Å². The molecule has 1 heterocycles. The summed E-state index contributed by atoms with van der Waals surface area (Å²) in [4.78, 5) is 2.09. The van der Waals surface area contributed by atoms with Crippen LogP contribution in [-0.4, -0.2) is 50.6 Å². The van der Waals surface area contributed by atoms with Crippen molar-refractivity contribution in [3.05, 3.63) is 87.5 Å². The summed E-state index contributed by atoms with van der Waals surface area (Å²) in [6, 6.07) is 16.8. The normalized spacial score (nSPS) is 13.4. The van der Waals surface area contributed by atoms with Crippen molar-refractivity contribution in [3.63, 3.8) is 0 Å². The highest BCUT2D eigenvalue weighted by atomic mass is 16.5. The number of phenolic OH excluding ortho intramolecular Hbond substituents is 2. The molecule has 182 valence electrons. The molecule has 3 aromatic carbocycles. The molecule has 34 heavy (non-hydrogen) atoms. The molecule has 3 aromatic rings. The molecule has 1 aliphatic heterocycles. The van der Waals surface area contributed by atoms with Gasteiger partial charge >= 0.3 is 0 Å². The summed E-state index contributed by atoms with van der Waals surface area (Å²) in [5.74, 6) is 0.722. The maximum absolute atomic E-state index is 10.2. The summed E-state index contributed by atoms with van der Waals surface area (Å²) in [7, 11) is 4.07. The van der Waals surface area contributed by atoms with Crippen molar-refractivity contribution < 1.29 is 14.9 Å². The van der Waals surface area contributed by atoms with Crippen LogP contribution in [-0.2, 0) is 4.74 Å². The Bertz CT molecular complexity index is 988. The molecule has 0 atom stereocenters.